The van der Waals surface area contributed by atoms with Crippen LogP contribution in [0.5, 0.6) is 0 Å². The maximum absolute atomic E-state index is 12.2. The molecule has 1 saturated heterocycles. The van der Waals surface area contributed by atoms with Crippen molar-refractivity contribution in [3.05, 3.63) is 72.1 Å². The van der Waals surface area contributed by atoms with E-state index < -0.39 is 17.9 Å². The third kappa shape index (κ3) is 7.19. The number of amides is 3. The van der Waals surface area contributed by atoms with Crippen LogP contribution in [0.4, 0.5) is 0 Å². The zero-order valence-electron chi connectivity index (χ0n) is 18.9. The van der Waals surface area contributed by atoms with Crippen molar-refractivity contribution in [3.8, 4) is 0 Å². The Kier molecular flexibility index (Phi) is 8.79. The van der Waals surface area contributed by atoms with Crippen LogP contribution in [0.15, 0.2) is 60.8 Å². The van der Waals surface area contributed by atoms with E-state index in [4.69, 9.17) is 0 Å². The molecule has 0 aliphatic carbocycles. The van der Waals surface area contributed by atoms with E-state index >= 15 is 0 Å². The van der Waals surface area contributed by atoms with Crippen LogP contribution in [0.3, 0.4) is 0 Å². The highest BCUT2D eigenvalue weighted by molar-refractivity contribution is 5.96. The number of hydrogen-bond acceptors (Lipinski definition) is 6. The zero-order chi connectivity index (χ0) is 24.3. The summed E-state index contributed by atoms with van der Waals surface area (Å²) in [5, 5.41) is 7.65. The van der Waals surface area contributed by atoms with Crippen LogP contribution in [-0.2, 0) is 14.4 Å². The number of benzene rings is 2. The van der Waals surface area contributed by atoms with E-state index in [1.807, 2.05) is 24.3 Å². The molecule has 2 atom stereocenters. The van der Waals surface area contributed by atoms with Gasteiger partial charge in [-0.15, -0.1) is 0 Å². The molecule has 2 unspecified atom stereocenters. The lowest BCUT2D eigenvalue weighted by atomic mass is 9.99. The van der Waals surface area contributed by atoms with Crippen molar-refractivity contribution in [3.63, 3.8) is 0 Å². The molecule has 1 aliphatic rings. The smallest absolute Gasteiger partial charge is 0.271 e. The molecule has 4 rings (SSSR count). The summed E-state index contributed by atoms with van der Waals surface area (Å²) in [6.45, 7) is 2.35. The molecule has 1 aliphatic heterocycles. The summed E-state index contributed by atoms with van der Waals surface area (Å²) in [6, 6.07) is 16.6. The van der Waals surface area contributed by atoms with Gasteiger partial charge in [0.2, 0.25) is 11.8 Å². The molecule has 34 heavy (non-hydrogen) atoms. The van der Waals surface area contributed by atoms with E-state index in [0.29, 0.717) is 30.3 Å². The maximum Gasteiger partial charge on any atom is 0.271 e. The number of carbonyl (C=O) groups excluding carboxylic acids is 4. The van der Waals surface area contributed by atoms with Gasteiger partial charge < -0.3 is 20.7 Å². The van der Waals surface area contributed by atoms with E-state index in [9.17, 15) is 19.2 Å². The number of fused-ring (bicyclic) bond motifs is 1. The predicted octanol–water partition coefficient (Wildman–Crippen LogP) is 1.56. The van der Waals surface area contributed by atoms with E-state index in [0.717, 1.165) is 0 Å². The Labute approximate surface area is 197 Å². The van der Waals surface area contributed by atoms with Gasteiger partial charge in [-0.1, -0.05) is 48.0 Å². The molecule has 9 heteroatoms. The molecule has 0 bridgehead atoms. The number of nitrogens with zero attached hydrogens (tertiary/aromatic N) is 2. The van der Waals surface area contributed by atoms with Crippen molar-refractivity contribution in [1.82, 2.24) is 25.9 Å². The van der Waals surface area contributed by atoms with Gasteiger partial charge in [-0.3, -0.25) is 19.4 Å². The number of rotatable bonds is 7. The van der Waals surface area contributed by atoms with Gasteiger partial charge in [0.15, 0.2) is 0 Å². The molecule has 0 spiro atoms. The van der Waals surface area contributed by atoms with Crippen molar-refractivity contribution >= 4 is 35.0 Å². The van der Waals surface area contributed by atoms with Gasteiger partial charge in [0.05, 0.1) is 29.8 Å². The lowest BCUT2D eigenvalue weighted by molar-refractivity contribution is -0.125. The Morgan fingerprint density at radius 2 is 1.82 bits per heavy atom. The largest absolute Gasteiger partial charge is 0.356 e. The van der Waals surface area contributed by atoms with Crippen molar-refractivity contribution in [2.24, 2.45) is 5.92 Å². The standard InChI is InChI=1S/C18H19N5O4.C7H8/c24-10-12(7-11-5-6-19-17(11)26)22-16(25)9-21-18(27)15-8-20-13-3-1-2-4-14(13)23-15;1-7-5-3-2-4-6-7/h1-4,8,10-12H,5-7,9H2,(H,19,26)(H,21,27)(H,22,25);2-6H,1H3. The van der Waals surface area contributed by atoms with Gasteiger partial charge in [-0.05, 0) is 31.9 Å². The number of carbonyl (C=O) groups is 4. The number of aromatic nitrogens is 2. The lowest BCUT2D eigenvalue weighted by Crippen LogP contribution is -2.44. The first-order chi connectivity index (χ1) is 16.5. The highest BCUT2D eigenvalue weighted by Crippen LogP contribution is 2.15. The fraction of sp³-hybridized carbons (Fsp3) is 0.280. The Hall–Kier alpha value is -4.14. The molecule has 0 saturated carbocycles. The van der Waals surface area contributed by atoms with Crippen LogP contribution in [-0.4, -0.2) is 53.1 Å². The van der Waals surface area contributed by atoms with E-state index in [2.05, 4.69) is 45.0 Å². The topological polar surface area (TPSA) is 130 Å². The Balaban J connectivity index is 0.000000396. The van der Waals surface area contributed by atoms with Gasteiger partial charge in [0.25, 0.3) is 5.91 Å². The number of para-hydroxylation sites is 2. The molecule has 2 aromatic carbocycles. The third-order valence-electron chi connectivity index (χ3n) is 5.24. The summed E-state index contributed by atoms with van der Waals surface area (Å²) in [7, 11) is 0. The minimum atomic E-state index is -0.774. The third-order valence-corrected chi connectivity index (χ3v) is 5.24. The summed E-state index contributed by atoms with van der Waals surface area (Å²) < 4.78 is 0. The zero-order valence-corrected chi connectivity index (χ0v) is 18.9. The van der Waals surface area contributed by atoms with E-state index in [-0.39, 0.29) is 30.5 Å². The number of nitrogens with one attached hydrogen (secondary N) is 3. The average molecular weight is 462 g/mol. The molecule has 3 aromatic rings. The Morgan fingerprint density at radius 1 is 1.12 bits per heavy atom. The summed E-state index contributed by atoms with van der Waals surface area (Å²) in [5.41, 5.74) is 2.65. The van der Waals surface area contributed by atoms with Crippen LogP contribution in [0, 0.1) is 12.8 Å². The van der Waals surface area contributed by atoms with Gasteiger partial charge in [-0.25, -0.2) is 4.98 Å². The fourth-order valence-electron chi connectivity index (χ4n) is 3.43. The second-order valence-electron chi connectivity index (χ2n) is 7.90. The molecular weight excluding hydrogens is 434 g/mol. The van der Waals surface area contributed by atoms with Gasteiger partial charge in [0, 0.05) is 12.5 Å². The summed E-state index contributed by atoms with van der Waals surface area (Å²) >= 11 is 0. The minimum Gasteiger partial charge on any atom is -0.356 e. The number of aryl methyl sites for hydroxylation is 1. The average Bonchev–Trinajstić information content (AvgIpc) is 3.26. The van der Waals surface area contributed by atoms with Crippen LogP contribution in [0.1, 0.15) is 28.9 Å². The second-order valence-corrected chi connectivity index (χ2v) is 7.90. The first-order valence-electron chi connectivity index (χ1n) is 11.0. The molecule has 0 radical (unpaired) electrons. The number of aldehydes is 1. The molecule has 9 nitrogen and oxygen atoms in total. The van der Waals surface area contributed by atoms with Crippen molar-refractivity contribution in [2.45, 2.75) is 25.8 Å². The van der Waals surface area contributed by atoms with Crippen LogP contribution < -0.4 is 16.0 Å². The van der Waals surface area contributed by atoms with Crippen molar-refractivity contribution in [1.29, 1.82) is 0 Å². The SMILES string of the molecule is Cc1ccccc1.O=CC(CC1CCNC1=O)NC(=O)CNC(=O)c1cnc2ccccc2n1. The Morgan fingerprint density at radius 3 is 2.44 bits per heavy atom. The van der Waals surface area contributed by atoms with E-state index in [1.54, 1.807) is 18.2 Å². The summed E-state index contributed by atoms with van der Waals surface area (Å²) in [5.74, 6) is -1.46. The molecule has 1 fully saturated rings. The normalized spacial score (nSPS) is 15.4. The molecule has 2 heterocycles. The summed E-state index contributed by atoms with van der Waals surface area (Å²) in [4.78, 5) is 55.2. The fourth-order valence-corrected chi connectivity index (χ4v) is 3.43. The highest BCUT2D eigenvalue weighted by atomic mass is 16.2. The maximum atomic E-state index is 12.2. The predicted molar refractivity (Wildman–Crippen MR) is 127 cm³/mol. The van der Waals surface area contributed by atoms with Crippen LogP contribution in [0.25, 0.3) is 11.0 Å². The van der Waals surface area contributed by atoms with Crippen LogP contribution >= 0.6 is 0 Å². The van der Waals surface area contributed by atoms with Gasteiger partial charge in [0.1, 0.15) is 12.0 Å². The molecule has 3 amide bonds. The molecule has 1 aromatic heterocycles. The monoisotopic (exact) mass is 461 g/mol. The first kappa shape index (κ1) is 24.5. The van der Waals surface area contributed by atoms with Gasteiger partial charge in [-0.2, -0.15) is 0 Å². The molecule has 3 N–H and O–H groups in total. The quantitative estimate of drug-likeness (QED) is 0.458. The van der Waals surface area contributed by atoms with Crippen molar-refractivity contribution < 1.29 is 19.2 Å². The highest BCUT2D eigenvalue weighted by Gasteiger charge is 2.27. The second kappa shape index (κ2) is 12.2. The summed E-state index contributed by atoms with van der Waals surface area (Å²) in [6.07, 6.45) is 2.81. The van der Waals surface area contributed by atoms with Crippen molar-refractivity contribution in [2.75, 3.05) is 13.1 Å². The van der Waals surface area contributed by atoms with Gasteiger partial charge >= 0.3 is 0 Å². The molecular formula is C25H27N5O4. The Bertz CT molecular complexity index is 1150. The minimum absolute atomic E-state index is 0.0936. The first-order valence-corrected chi connectivity index (χ1v) is 11.0. The lowest BCUT2D eigenvalue weighted by Gasteiger charge is -2.15. The molecule has 176 valence electrons. The number of hydrogen-bond donors (Lipinski definition) is 3. The van der Waals surface area contributed by atoms with Crippen LogP contribution in [0.2, 0.25) is 0 Å². The van der Waals surface area contributed by atoms with E-state index in [1.165, 1.54) is 11.8 Å².